The largest absolute Gasteiger partial charge is 0.444 e. The molecule has 1 aromatic carbocycles. The van der Waals surface area contributed by atoms with Gasteiger partial charge in [-0.25, -0.2) is 4.79 Å². The van der Waals surface area contributed by atoms with E-state index in [1.54, 1.807) is 49.9 Å². The minimum atomic E-state index is -0.890. The summed E-state index contributed by atoms with van der Waals surface area (Å²) < 4.78 is 5.39. The lowest BCUT2D eigenvalue weighted by Crippen LogP contribution is -2.57. The lowest BCUT2D eigenvalue weighted by Gasteiger charge is -2.39. The molecule has 1 aromatic rings. The predicted octanol–water partition coefficient (Wildman–Crippen LogP) is 4.41. The van der Waals surface area contributed by atoms with Crippen molar-refractivity contribution in [3.63, 3.8) is 0 Å². The van der Waals surface area contributed by atoms with E-state index in [0.717, 1.165) is 0 Å². The third-order valence-corrected chi connectivity index (χ3v) is 5.28. The molecule has 0 saturated carbocycles. The molecule has 0 aliphatic heterocycles. The molecule has 0 aromatic heterocycles. The number of hydrogen-bond donors (Lipinski definition) is 2. The molecule has 0 aliphatic rings. The first kappa shape index (κ1) is 29.0. The molecule has 7 nitrogen and oxygen atoms in total. The molecule has 34 heavy (non-hydrogen) atoms. The Kier molecular flexibility index (Phi) is 10.6. The molecular formula is C27H41N3O4. The highest BCUT2D eigenvalue weighted by molar-refractivity contribution is 5.92. The highest BCUT2D eigenvalue weighted by atomic mass is 16.6. The van der Waals surface area contributed by atoms with Gasteiger partial charge in [0.1, 0.15) is 17.7 Å². The molecule has 3 amide bonds. The summed E-state index contributed by atoms with van der Waals surface area (Å²) in [5.74, 6) is 1.70. The van der Waals surface area contributed by atoms with Crippen molar-refractivity contribution in [1.82, 2.24) is 15.5 Å². The fourth-order valence-corrected chi connectivity index (χ4v) is 3.47. The topological polar surface area (TPSA) is 87.7 Å². The summed E-state index contributed by atoms with van der Waals surface area (Å²) in [6.07, 6.45) is 5.44. The predicted molar refractivity (Wildman–Crippen MR) is 135 cm³/mol. The van der Waals surface area contributed by atoms with Crippen molar-refractivity contribution in [3.8, 4) is 12.3 Å². The number of hydrogen-bond acceptors (Lipinski definition) is 4. The van der Waals surface area contributed by atoms with Crippen LogP contribution < -0.4 is 10.6 Å². The summed E-state index contributed by atoms with van der Waals surface area (Å²) in [6.45, 7) is 16.6. The minimum Gasteiger partial charge on any atom is -0.444 e. The van der Waals surface area contributed by atoms with Crippen molar-refractivity contribution in [1.29, 1.82) is 0 Å². The molecule has 1 rings (SSSR count). The van der Waals surface area contributed by atoms with Gasteiger partial charge in [-0.3, -0.25) is 9.59 Å². The Morgan fingerprint density at radius 1 is 1.03 bits per heavy atom. The minimum absolute atomic E-state index is 0.116. The van der Waals surface area contributed by atoms with Crippen LogP contribution in [0.1, 0.15) is 85.9 Å². The number of nitrogens with one attached hydrogen (secondary N) is 2. The number of amides is 3. The van der Waals surface area contributed by atoms with Gasteiger partial charge in [0.15, 0.2) is 0 Å². The molecule has 0 radical (unpaired) electrons. The molecule has 0 bridgehead atoms. The van der Waals surface area contributed by atoms with Crippen molar-refractivity contribution in [2.24, 2.45) is 5.92 Å². The Morgan fingerprint density at radius 3 is 2.00 bits per heavy atom. The zero-order valence-corrected chi connectivity index (χ0v) is 22.1. The van der Waals surface area contributed by atoms with Crippen LogP contribution >= 0.6 is 0 Å². The van der Waals surface area contributed by atoms with Crippen LogP contribution in [0.25, 0.3) is 0 Å². The molecule has 2 N–H and O–H groups in total. The fourth-order valence-electron chi connectivity index (χ4n) is 3.47. The van der Waals surface area contributed by atoms with Crippen LogP contribution in [0.2, 0.25) is 0 Å². The molecular weight excluding hydrogens is 430 g/mol. The van der Waals surface area contributed by atoms with Crippen LogP contribution in [-0.4, -0.2) is 46.5 Å². The Labute approximate surface area is 205 Å². The van der Waals surface area contributed by atoms with Gasteiger partial charge in [-0.2, -0.15) is 0 Å². The van der Waals surface area contributed by atoms with Crippen molar-refractivity contribution >= 4 is 17.9 Å². The highest BCUT2D eigenvalue weighted by Crippen LogP contribution is 2.27. The number of ether oxygens (including phenoxy) is 1. The standard InChI is InChI=1S/C27H41N3O4/c1-11-19(7)30(25(32)22(17(3)4)29-26(33)34-27(8,9)10)23(24(31)28-18(5)6)21-15-13-20(12-2)14-16-21/h2,13-19,22-23H,11H2,1,3-10H3,(H,28,31)(H,29,33). The van der Waals surface area contributed by atoms with Crippen LogP contribution in [-0.2, 0) is 14.3 Å². The Morgan fingerprint density at radius 2 is 1.59 bits per heavy atom. The number of rotatable bonds is 9. The smallest absolute Gasteiger partial charge is 0.408 e. The fraction of sp³-hybridized carbons (Fsp3) is 0.593. The van der Waals surface area contributed by atoms with Crippen LogP contribution in [0.5, 0.6) is 0 Å². The lowest BCUT2D eigenvalue weighted by atomic mass is 9.96. The van der Waals surface area contributed by atoms with Gasteiger partial charge in [-0.1, -0.05) is 38.8 Å². The molecule has 0 spiro atoms. The molecule has 0 aliphatic carbocycles. The van der Waals surface area contributed by atoms with E-state index < -0.39 is 23.8 Å². The summed E-state index contributed by atoms with van der Waals surface area (Å²) in [5, 5.41) is 5.66. The van der Waals surface area contributed by atoms with E-state index >= 15 is 0 Å². The van der Waals surface area contributed by atoms with Crippen molar-refractivity contribution in [2.45, 2.75) is 98.5 Å². The van der Waals surface area contributed by atoms with Gasteiger partial charge in [0.05, 0.1) is 0 Å². The maximum Gasteiger partial charge on any atom is 0.408 e. The molecule has 0 heterocycles. The maximum absolute atomic E-state index is 14.0. The van der Waals surface area contributed by atoms with Gasteiger partial charge < -0.3 is 20.3 Å². The van der Waals surface area contributed by atoms with Gasteiger partial charge in [0.25, 0.3) is 0 Å². The third kappa shape index (κ3) is 8.40. The van der Waals surface area contributed by atoms with E-state index in [0.29, 0.717) is 17.5 Å². The van der Waals surface area contributed by atoms with Gasteiger partial charge in [0.2, 0.25) is 11.8 Å². The molecule has 3 unspecified atom stereocenters. The second kappa shape index (κ2) is 12.5. The number of benzene rings is 1. The van der Waals surface area contributed by atoms with E-state index in [2.05, 4.69) is 16.6 Å². The first-order valence-corrected chi connectivity index (χ1v) is 11.9. The monoisotopic (exact) mass is 471 g/mol. The van der Waals surface area contributed by atoms with E-state index in [4.69, 9.17) is 11.2 Å². The quantitative estimate of drug-likeness (QED) is 0.522. The van der Waals surface area contributed by atoms with Crippen molar-refractivity contribution in [2.75, 3.05) is 0 Å². The van der Waals surface area contributed by atoms with E-state index in [-0.39, 0.29) is 29.8 Å². The SMILES string of the molecule is C#Cc1ccc(C(C(=O)NC(C)C)N(C(=O)C(NC(=O)OC(C)(C)C)C(C)C)C(C)CC)cc1. The summed E-state index contributed by atoms with van der Waals surface area (Å²) in [7, 11) is 0. The zero-order chi connectivity index (χ0) is 26.2. The zero-order valence-electron chi connectivity index (χ0n) is 22.1. The number of alkyl carbamates (subject to hydrolysis) is 1. The average molecular weight is 472 g/mol. The molecule has 0 fully saturated rings. The normalized spacial score (nSPS) is 14.1. The van der Waals surface area contributed by atoms with E-state index in [1.165, 1.54) is 0 Å². The first-order chi connectivity index (χ1) is 15.7. The number of carbonyl (C=O) groups is 3. The molecule has 3 atom stereocenters. The molecule has 7 heteroatoms. The van der Waals surface area contributed by atoms with Gasteiger partial charge in [-0.15, -0.1) is 6.42 Å². The van der Waals surface area contributed by atoms with Crippen LogP contribution in [0.15, 0.2) is 24.3 Å². The Hall–Kier alpha value is -3.01. The maximum atomic E-state index is 14.0. The van der Waals surface area contributed by atoms with Crippen molar-refractivity contribution in [3.05, 3.63) is 35.4 Å². The lowest BCUT2D eigenvalue weighted by molar-refractivity contribution is -0.146. The molecule has 0 saturated heterocycles. The first-order valence-electron chi connectivity index (χ1n) is 11.9. The van der Waals surface area contributed by atoms with Gasteiger partial charge in [-0.05, 0) is 71.6 Å². The van der Waals surface area contributed by atoms with Gasteiger partial charge >= 0.3 is 6.09 Å². The van der Waals surface area contributed by atoms with Crippen LogP contribution in [0.3, 0.4) is 0 Å². The second-order valence-electron chi connectivity index (χ2n) is 10.2. The summed E-state index contributed by atoms with van der Waals surface area (Å²) in [4.78, 5) is 41.5. The van der Waals surface area contributed by atoms with E-state index in [9.17, 15) is 14.4 Å². The number of nitrogens with zero attached hydrogens (tertiary/aromatic N) is 1. The van der Waals surface area contributed by atoms with Crippen LogP contribution in [0, 0.1) is 18.3 Å². The summed E-state index contributed by atoms with van der Waals surface area (Å²) >= 11 is 0. The van der Waals surface area contributed by atoms with E-state index in [1.807, 2.05) is 41.5 Å². The summed E-state index contributed by atoms with van der Waals surface area (Å²) in [5.41, 5.74) is 0.620. The third-order valence-electron chi connectivity index (χ3n) is 5.28. The van der Waals surface area contributed by atoms with Gasteiger partial charge in [0, 0.05) is 17.6 Å². The molecule has 188 valence electrons. The Balaban J connectivity index is 3.51. The Bertz CT molecular complexity index is 879. The summed E-state index contributed by atoms with van der Waals surface area (Å²) in [6, 6.07) is 4.90. The number of carbonyl (C=O) groups excluding carboxylic acids is 3. The second-order valence-corrected chi connectivity index (χ2v) is 10.2. The number of terminal acetylenes is 1. The average Bonchev–Trinajstić information content (AvgIpc) is 2.72. The van der Waals surface area contributed by atoms with Crippen molar-refractivity contribution < 1.29 is 19.1 Å². The highest BCUT2D eigenvalue weighted by Gasteiger charge is 2.39. The van der Waals surface area contributed by atoms with Crippen LogP contribution in [0.4, 0.5) is 4.79 Å².